The van der Waals surface area contributed by atoms with Gasteiger partial charge in [-0.2, -0.15) is 0 Å². The lowest BCUT2D eigenvalue weighted by molar-refractivity contribution is -0.131. The molecule has 2 rings (SSSR count). The Balaban J connectivity index is 1.88. The van der Waals surface area contributed by atoms with Crippen LogP contribution in [0.15, 0.2) is 47.4 Å². The van der Waals surface area contributed by atoms with Gasteiger partial charge < -0.3 is 9.64 Å². The van der Waals surface area contributed by atoms with E-state index < -0.39 is 5.82 Å². The fraction of sp³-hybridized carbons (Fsp3) is 0.350. The maximum absolute atomic E-state index is 13.8. The maximum Gasteiger partial charge on any atom is 0.236 e. The number of rotatable bonds is 8. The first-order chi connectivity index (χ1) is 12.4. The van der Waals surface area contributed by atoms with Crippen LogP contribution in [0.2, 0.25) is 0 Å². The quantitative estimate of drug-likeness (QED) is 0.659. The third kappa shape index (κ3) is 5.75. The van der Waals surface area contributed by atoms with Gasteiger partial charge in [-0.25, -0.2) is 4.39 Å². The molecule has 1 amide bonds. The predicted molar refractivity (Wildman–Crippen MR) is 104 cm³/mol. The van der Waals surface area contributed by atoms with Crippen LogP contribution in [0.5, 0.6) is 5.75 Å². The zero-order valence-corrected chi connectivity index (χ0v) is 16.5. The number of nitrogens with zero attached hydrogens (tertiary/aromatic N) is 2. The van der Waals surface area contributed by atoms with Crippen LogP contribution in [0.1, 0.15) is 11.1 Å². The minimum absolute atomic E-state index is 0.00976. The lowest BCUT2D eigenvalue weighted by Crippen LogP contribution is -2.36. The van der Waals surface area contributed by atoms with Gasteiger partial charge in [-0.05, 0) is 48.7 Å². The van der Waals surface area contributed by atoms with Gasteiger partial charge in [0.2, 0.25) is 5.91 Å². The Morgan fingerprint density at radius 1 is 1.08 bits per heavy atom. The van der Waals surface area contributed by atoms with Crippen molar-refractivity contribution in [3.63, 3.8) is 0 Å². The van der Waals surface area contributed by atoms with Crippen LogP contribution in [-0.4, -0.2) is 49.7 Å². The summed E-state index contributed by atoms with van der Waals surface area (Å²) in [6, 6.07) is 13.1. The van der Waals surface area contributed by atoms with Crippen molar-refractivity contribution in [2.45, 2.75) is 18.0 Å². The molecule has 6 heteroatoms. The molecular formula is C20H25FN2O2S. The number of carbonyl (C=O) groups excluding carboxylic acids is 1. The van der Waals surface area contributed by atoms with E-state index in [2.05, 4.69) is 24.3 Å². The Morgan fingerprint density at radius 3 is 2.31 bits per heavy atom. The van der Waals surface area contributed by atoms with Crippen molar-refractivity contribution in [1.82, 2.24) is 9.80 Å². The van der Waals surface area contributed by atoms with E-state index in [0.29, 0.717) is 19.6 Å². The van der Waals surface area contributed by atoms with Gasteiger partial charge in [0.1, 0.15) is 0 Å². The number of benzene rings is 2. The molecule has 26 heavy (non-hydrogen) atoms. The standard InChI is InChI=1S/C20H25FN2O2S/c1-22(12-15-5-8-17(26-4)9-6-15)14-20(24)23(2)13-16-7-10-19(25-3)18(21)11-16/h5-11H,12-14H2,1-4H3. The summed E-state index contributed by atoms with van der Waals surface area (Å²) in [5.74, 6) is -0.226. The van der Waals surface area contributed by atoms with Gasteiger partial charge in [-0.1, -0.05) is 18.2 Å². The lowest BCUT2D eigenvalue weighted by atomic mass is 10.2. The molecule has 0 radical (unpaired) electrons. The topological polar surface area (TPSA) is 32.8 Å². The van der Waals surface area contributed by atoms with Crippen molar-refractivity contribution >= 4 is 17.7 Å². The molecular weight excluding hydrogens is 351 g/mol. The molecule has 0 saturated carbocycles. The summed E-state index contributed by atoms with van der Waals surface area (Å²) in [6.45, 7) is 1.36. The number of ether oxygens (including phenoxy) is 1. The highest BCUT2D eigenvalue weighted by molar-refractivity contribution is 7.98. The highest BCUT2D eigenvalue weighted by Gasteiger charge is 2.13. The van der Waals surface area contributed by atoms with Gasteiger partial charge >= 0.3 is 0 Å². The summed E-state index contributed by atoms with van der Waals surface area (Å²) in [5.41, 5.74) is 1.90. The summed E-state index contributed by atoms with van der Waals surface area (Å²) in [5, 5.41) is 0. The molecule has 0 heterocycles. The molecule has 0 aromatic heterocycles. The van der Waals surface area contributed by atoms with E-state index in [-0.39, 0.29) is 11.7 Å². The normalized spacial score (nSPS) is 10.8. The summed E-state index contributed by atoms with van der Waals surface area (Å²) in [7, 11) is 5.07. The second-order valence-electron chi connectivity index (χ2n) is 6.24. The van der Waals surface area contributed by atoms with Crippen LogP contribution in [0, 0.1) is 5.82 Å². The number of amides is 1. The minimum atomic E-state index is -0.420. The van der Waals surface area contributed by atoms with E-state index in [1.54, 1.807) is 35.8 Å². The Hall–Kier alpha value is -2.05. The van der Waals surface area contributed by atoms with E-state index in [1.807, 2.05) is 18.2 Å². The second-order valence-corrected chi connectivity index (χ2v) is 7.12. The van der Waals surface area contributed by atoms with Gasteiger partial charge in [0.15, 0.2) is 11.6 Å². The maximum atomic E-state index is 13.8. The first kappa shape index (κ1) is 20.3. The van der Waals surface area contributed by atoms with Crippen molar-refractivity contribution in [2.75, 3.05) is 34.0 Å². The van der Waals surface area contributed by atoms with Gasteiger partial charge in [-0.15, -0.1) is 11.8 Å². The van der Waals surface area contributed by atoms with Crippen molar-refractivity contribution in [2.24, 2.45) is 0 Å². The Labute approximate surface area is 158 Å². The molecule has 0 N–H and O–H groups in total. The molecule has 140 valence electrons. The SMILES string of the molecule is COc1ccc(CN(C)C(=O)CN(C)Cc2ccc(SC)cc2)cc1F. The summed E-state index contributed by atoms with van der Waals surface area (Å²) >= 11 is 1.71. The lowest BCUT2D eigenvalue weighted by Gasteiger charge is -2.22. The van der Waals surface area contributed by atoms with Gasteiger partial charge in [0.25, 0.3) is 0 Å². The number of hydrogen-bond acceptors (Lipinski definition) is 4. The molecule has 4 nitrogen and oxygen atoms in total. The molecule has 0 fully saturated rings. The predicted octanol–water partition coefficient (Wildman–Crippen LogP) is 3.65. The van der Waals surface area contributed by atoms with Crippen LogP contribution in [0.3, 0.4) is 0 Å². The number of halogens is 1. The highest BCUT2D eigenvalue weighted by Crippen LogP contribution is 2.19. The highest BCUT2D eigenvalue weighted by atomic mass is 32.2. The zero-order chi connectivity index (χ0) is 19.1. The average molecular weight is 376 g/mol. The molecule has 0 spiro atoms. The van der Waals surface area contributed by atoms with E-state index in [0.717, 1.165) is 11.1 Å². The Bertz CT molecular complexity index is 737. The Kier molecular flexibility index (Phi) is 7.48. The van der Waals surface area contributed by atoms with E-state index >= 15 is 0 Å². The minimum Gasteiger partial charge on any atom is -0.494 e. The van der Waals surface area contributed by atoms with Crippen molar-refractivity contribution < 1.29 is 13.9 Å². The monoisotopic (exact) mass is 376 g/mol. The van der Waals surface area contributed by atoms with Crippen LogP contribution in [0.4, 0.5) is 4.39 Å². The number of hydrogen-bond donors (Lipinski definition) is 0. The summed E-state index contributed by atoms with van der Waals surface area (Å²) in [6.07, 6.45) is 2.05. The first-order valence-corrected chi connectivity index (χ1v) is 9.53. The van der Waals surface area contributed by atoms with Gasteiger partial charge in [0.05, 0.1) is 13.7 Å². The van der Waals surface area contributed by atoms with Gasteiger partial charge in [0, 0.05) is 25.0 Å². The van der Waals surface area contributed by atoms with E-state index in [9.17, 15) is 9.18 Å². The molecule has 0 aliphatic heterocycles. The second kappa shape index (κ2) is 9.59. The zero-order valence-electron chi connectivity index (χ0n) is 15.7. The van der Waals surface area contributed by atoms with Crippen molar-refractivity contribution in [3.8, 4) is 5.75 Å². The van der Waals surface area contributed by atoms with Crippen molar-refractivity contribution in [1.29, 1.82) is 0 Å². The van der Waals surface area contributed by atoms with Crippen LogP contribution < -0.4 is 4.74 Å². The molecule has 2 aromatic rings. The van der Waals surface area contributed by atoms with E-state index in [1.165, 1.54) is 18.1 Å². The Morgan fingerprint density at radius 2 is 1.73 bits per heavy atom. The molecule has 0 aliphatic rings. The summed E-state index contributed by atoms with van der Waals surface area (Å²) in [4.78, 5) is 17.2. The van der Waals surface area contributed by atoms with Gasteiger partial charge in [-0.3, -0.25) is 9.69 Å². The van der Waals surface area contributed by atoms with Crippen LogP contribution in [-0.2, 0) is 17.9 Å². The number of likely N-dealkylation sites (N-methyl/N-ethyl adjacent to an activating group) is 2. The fourth-order valence-corrected chi connectivity index (χ4v) is 3.03. The molecule has 0 atom stereocenters. The van der Waals surface area contributed by atoms with Crippen LogP contribution >= 0.6 is 11.8 Å². The smallest absolute Gasteiger partial charge is 0.236 e. The number of thioether (sulfide) groups is 1. The molecule has 0 unspecified atom stereocenters. The summed E-state index contributed by atoms with van der Waals surface area (Å²) < 4.78 is 18.7. The largest absolute Gasteiger partial charge is 0.494 e. The first-order valence-electron chi connectivity index (χ1n) is 8.30. The third-order valence-electron chi connectivity index (χ3n) is 4.08. The molecule has 0 bridgehead atoms. The number of carbonyl (C=O) groups is 1. The van der Waals surface area contributed by atoms with Crippen molar-refractivity contribution in [3.05, 3.63) is 59.4 Å². The average Bonchev–Trinajstić information content (AvgIpc) is 2.62. The van der Waals surface area contributed by atoms with E-state index in [4.69, 9.17) is 4.74 Å². The molecule has 0 aliphatic carbocycles. The molecule has 0 saturated heterocycles. The number of methoxy groups -OCH3 is 1. The molecule has 2 aromatic carbocycles. The van der Waals surface area contributed by atoms with Crippen LogP contribution in [0.25, 0.3) is 0 Å². The fourth-order valence-electron chi connectivity index (χ4n) is 2.62. The third-order valence-corrected chi connectivity index (χ3v) is 4.82.